The number of carbonyl (C=O) groups excluding carboxylic acids is 2. The summed E-state index contributed by atoms with van der Waals surface area (Å²) in [4.78, 5) is 42.6. The van der Waals surface area contributed by atoms with Gasteiger partial charge in [0.05, 0.1) is 17.5 Å². The fourth-order valence-corrected chi connectivity index (χ4v) is 4.44. The lowest BCUT2D eigenvalue weighted by atomic mass is 9.99. The normalized spacial score (nSPS) is 14.4. The summed E-state index contributed by atoms with van der Waals surface area (Å²) in [5.74, 6) is -0.442. The molecule has 1 saturated heterocycles. The van der Waals surface area contributed by atoms with Crippen molar-refractivity contribution in [3.05, 3.63) is 83.1 Å². The number of rotatable bonds is 11. The SMILES string of the molecule is CCCCc1ncc(C=C2C(=O)NC(=O)N2CCCC)n1Cc1ccc(-c2ccccc2C(=O)O)cc1. The number of aryl methyl sites for hydroxylation is 1. The highest BCUT2D eigenvalue weighted by Gasteiger charge is 2.32. The van der Waals surface area contributed by atoms with Gasteiger partial charge in [-0.3, -0.25) is 15.0 Å². The molecule has 2 N–H and O–H groups in total. The van der Waals surface area contributed by atoms with Crippen LogP contribution in [0.25, 0.3) is 17.2 Å². The van der Waals surface area contributed by atoms with Gasteiger partial charge in [0, 0.05) is 19.5 Å². The highest BCUT2D eigenvalue weighted by Crippen LogP contribution is 2.25. The smallest absolute Gasteiger partial charge is 0.336 e. The number of amides is 3. The Hall–Kier alpha value is -4.20. The van der Waals surface area contributed by atoms with Gasteiger partial charge in [0.1, 0.15) is 11.5 Å². The van der Waals surface area contributed by atoms with Crippen molar-refractivity contribution in [2.75, 3.05) is 6.54 Å². The summed E-state index contributed by atoms with van der Waals surface area (Å²) in [6, 6.07) is 14.4. The zero-order valence-electron chi connectivity index (χ0n) is 21.2. The number of nitrogens with zero attached hydrogens (tertiary/aromatic N) is 3. The van der Waals surface area contributed by atoms with Gasteiger partial charge in [-0.25, -0.2) is 14.6 Å². The van der Waals surface area contributed by atoms with E-state index in [2.05, 4.69) is 21.8 Å². The zero-order valence-corrected chi connectivity index (χ0v) is 21.2. The second-order valence-electron chi connectivity index (χ2n) is 9.13. The van der Waals surface area contributed by atoms with Crippen molar-refractivity contribution in [1.82, 2.24) is 19.8 Å². The molecule has 8 nitrogen and oxygen atoms in total. The lowest BCUT2D eigenvalue weighted by Crippen LogP contribution is -2.28. The average Bonchev–Trinajstić information content (AvgIpc) is 3.40. The molecule has 0 spiro atoms. The first-order chi connectivity index (χ1) is 17.9. The molecule has 0 aliphatic carbocycles. The lowest BCUT2D eigenvalue weighted by molar-refractivity contribution is -0.116. The number of hydrogen-bond acceptors (Lipinski definition) is 4. The zero-order chi connectivity index (χ0) is 26.4. The maximum absolute atomic E-state index is 12.5. The van der Waals surface area contributed by atoms with E-state index in [-0.39, 0.29) is 11.6 Å². The molecule has 0 unspecified atom stereocenters. The molecule has 2 heterocycles. The molecule has 8 heteroatoms. The number of unbranched alkanes of at least 4 members (excludes halogenated alkanes) is 2. The predicted octanol–water partition coefficient (Wildman–Crippen LogP) is 5.33. The summed E-state index contributed by atoms with van der Waals surface area (Å²) < 4.78 is 2.08. The molecule has 2 aromatic carbocycles. The van der Waals surface area contributed by atoms with Gasteiger partial charge in [0.2, 0.25) is 0 Å². The molecule has 0 atom stereocenters. The molecule has 0 radical (unpaired) electrons. The number of carboxylic acids is 1. The summed E-state index contributed by atoms with van der Waals surface area (Å²) >= 11 is 0. The lowest BCUT2D eigenvalue weighted by Gasteiger charge is -2.16. The van der Waals surface area contributed by atoms with Crippen molar-refractivity contribution in [1.29, 1.82) is 0 Å². The highest BCUT2D eigenvalue weighted by atomic mass is 16.4. The number of carboxylic acid groups (broad SMARTS) is 1. The Labute approximate surface area is 216 Å². The van der Waals surface area contributed by atoms with Crippen LogP contribution < -0.4 is 5.32 Å². The topological polar surface area (TPSA) is 105 Å². The van der Waals surface area contributed by atoms with Crippen molar-refractivity contribution in [2.24, 2.45) is 0 Å². The van der Waals surface area contributed by atoms with E-state index in [9.17, 15) is 19.5 Å². The van der Waals surface area contributed by atoms with Crippen LogP contribution in [0.2, 0.25) is 0 Å². The van der Waals surface area contributed by atoms with Crippen LogP contribution in [0.1, 0.15) is 67.0 Å². The van der Waals surface area contributed by atoms with Gasteiger partial charge in [-0.2, -0.15) is 0 Å². The quantitative estimate of drug-likeness (QED) is 0.273. The Morgan fingerprint density at radius 2 is 1.76 bits per heavy atom. The fraction of sp³-hybridized carbons (Fsp3) is 0.310. The summed E-state index contributed by atoms with van der Waals surface area (Å²) in [5, 5.41) is 11.9. The van der Waals surface area contributed by atoms with Crippen molar-refractivity contribution in [2.45, 2.75) is 52.5 Å². The van der Waals surface area contributed by atoms with Crippen LogP contribution in [-0.2, 0) is 17.8 Å². The molecule has 37 heavy (non-hydrogen) atoms. The van der Waals surface area contributed by atoms with E-state index in [0.29, 0.717) is 24.4 Å². The summed E-state index contributed by atoms with van der Waals surface area (Å²) in [6.45, 7) is 5.18. The number of aromatic carboxylic acids is 1. The standard InChI is InChI=1S/C29H32N4O4/c1-3-5-11-26-30-18-22(17-25-27(34)31-29(37)32(25)16-6-4-2)33(26)19-20-12-14-21(15-13-20)23-9-7-8-10-24(23)28(35)36/h7-10,12-15,17-18H,3-6,11,16,19H2,1-2H3,(H,35,36)(H,31,34,37). The third-order valence-electron chi connectivity index (χ3n) is 6.50. The monoisotopic (exact) mass is 500 g/mol. The minimum Gasteiger partial charge on any atom is -0.478 e. The Morgan fingerprint density at radius 3 is 2.46 bits per heavy atom. The number of carbonyl (C=O) groups is 3. The fourth-order valence-electron chi connectivity index (χ4n) is 4.44. The minimum atomic E-state index is -0.959. The van der Waals surface area contributed by atoms with Gasteiger partial charge in [-0.1, -0.05) is 69.2 Å². The molecule has 3 aromatic rings. The maximum atomic E-state index is 12.5. The van der Waals surface area contributed by atoms with Gasteiger partial charge >= 0.3 is 12.0 Å². The number of urea groups is 1. The number of imidazole rings is 1. The number of nitrogens with one attached hydrogen (secondary N) is 1. The molecule has 0 bridgehead atoms. The van der Waals surface area contributed by atoms with Crippen LogP contribution in [0.4, 0.5) is 4.79 Å². The number of benzene rings is 2. The van der Waals surface area contributed by atoms with E-state index in [4.69, 9.17) is 0 Å². The van der Waals surface area contributed by atoms with Gasteiger partial charge in [-0.15, -0.1) is 0 Å². The van der Waals surface area contributed by atoms with Crippen molar-refractivity contribution in [3.63, 3.8) is 0 Å². The van der Waals surface area contributed by atoms with E-state index in [1.807, 2.05) is 37.3 Å². The minimum absolute atomic E-state index is 0.262. The van der Waals surface area contributed by atoms with Gasteiger partial charge in [0.15, 0.2) is 0 Å². The van der Waals surface area contributed by atoms with Crippen molar-refractivity contribution < 1.29 is 19.5 Å². The summed E-state index contributed by atoms with van der Waals surface area (Å²) in [7, 11) is 0. The van der Waals surface area contributed by atoms with E-state index < -0.39 is 11.9 Å². The van der Waals surface area contributed by atoms with Crippen LogP contribution in [0.3, 0.4) is 0 Å². The largest absolute Gasteiger partial charge is 0.478 e. The second kappa shape index (κ2) is 11.7. The molecule has 1 aromatic heterocycles. The third kappa shape index (κ3) is 5.80. The summed E-state index contributed by atoms with van der Waals surface area (Å²) in [6.07, 6.45) is 8.03. The number of aromatic nitrogens is 2. The maximum Gasteiger partial charge on any atom is 0.336 e. The van der Waals surface area contributed by atoms with Crippen LogP contribution in [-0.4, -0.2) is 44.0 Å². The van der Waals surface area contributed by atoms with E-state index in [1.165, 1.54) is 4.90 Å². The third-order valence-corrected chi connectivity index (χ3v) is 6.50. The molecule has 0 saturated carbocycles. The van der Waals surface area contributed by atoms with E-state index in [1.54, 1.807) is 30.5 Å². The van der Waals surface area contributed by atoms with Gasteiger partial charge in [-0.05, 0) is 41.7 Å². The second-order valence-corrected chi connectivity index (χ2v) is 9.13. The van der Waals surface area contributed by atoms with Crippen LogP contribution in [0.5, 0.6) is 0 Å². The molecular weight excluding hydrogens is 468 g/mol. The Kier molecular flexibility index (Phi) is 8.18. The number of hydrogen-bond donors (Lipinski definition) is 2. The molecule has 3 amide bonds. The Morgan fingerprint density at radius 1 is 1.03 bits per heavy atom. The van der Waals surface area contributed by atoms with E-state index in [0.717, 1.165) is 54.7 Å². The van der Waals surface area contributed by atoms with Crippen LogP contribution in [0, 0.1) is 0 Å². The van der Waals surface area contributed by atoms with Crippen molar-refractivity contribution in [3.8, 4) is 11.1 Å². The highest BCUT2D eigenvalue weighted by molar-refractivity contribution is 6.13. The Bertz CT molecular complexity index is 1320. The predicted molar refractivity (Wildman–Crippen MR) is 142 cm³/mol. The molecular formula is C29H32N4O4. The first kappa shape index (κ1) is 25.9. The molecule has 1 aliphatic rings. The van der Waals surface area contributed by atoms with Gasteiger partial charge < -0.3 is 9.67 Å². The van der Waals surface area contributed by atoms with E-state index >= 15 is 0 Å². The first-order valence-corrected chi connectivity index (χ1v) is 12.7. The van der Waals surface area contributed by atoms with Crippen LogP contribution >= 0.6 is 0 Å². The van der Waals surface area contributed by atoms with Gasteiger partial charge in [0.25, 0.3) is 5.91 Å². The van der Waals surface area contributed by atoms with Crippen LogP contribution in [0.15, 0.2) is 60.4 Å². The average molecular weight is 501 g/mol. The molecule has 192 valence electrons. The molecule has 1 aliphatic heterocycles. The molecule has 4 rings (SSSR count). The summed E-state index contributed by atoms with van der Waals surface area (Å²) in [5.41, 5.74) is 3.87. The first-order valence-electron chi connectivity index (χ1n) is 12.7. The number of imide groups is 1. The van der Waals surface area contributed by atoms with Crippen molar-refractivity contribution >= 4 is 24.0 Å². The molecule has 1 fully saturated rings. The Balaban J connectivity index is 1.65.